The molecule has 178 valence electrons. The van der Waals surface area contributed by atoms with Crippen LogP contribution in [0.5, 0.6) is 0 Å². The number of carboxylic acid groups (broad SMARTS) is 2. The van der Waals surface area contributed by atoms with E-state index in [0.29, 0.717) is 33.7 Å². The molecule has 1 amide bonds. The number of anilines is 2. The average molecular weight is 469 g/mol. The van der Waals surface area contributed by atoms with Crippen molar-refractivity contribution in [2.75, 3.05) is 11.5 Å². The molecule has 0 saturated carbocycles. The van der Waals surface area contributed by atoms with Crippen LogP contribution in [0.3, 0.4) is 0 Å². The second kappa shape index (κ2) is 9.89. The maximum absolute atomic E-state index is 12.3. The Kier molecular flexibility index (Phi) is 6.99. The third-order valence-electron chi connectivity index (χ3n) is 4.91. The molecular weight excluding hydrogens is 446 g/mol. The molecule has 0 aliphatic heterocycles. The van der Waals surface area contributed by atoms with Gasteiger partial charge in [0, 0.05) is 11.8 Å². The van der Waals surface area contributed by atoms with E-state index in [1.165, 1.54) is 4.68 Å². The number of carbonyl (C=O) groups is 3. The van der Waals surface area contributed by atoms with Gasteiger partial charge in [-0.2, -0.15) is 15.2 Å². The smallest absolute Gasteiger partial charge is 0.326 e. The number of hydrogen-bond acceptors (Lipinski definition) is 10. The van der Waals surface area contributed by atoms with E-state index < -0.39 is 23.9 Å². The van der Waals surface area contributed by atoms with Crippen LogP contribution in [-0.4, -0.2) is 53.8 Å². The lowest BCUT2D eigenvalue weighted by molar-refractivity contribution is -0.143. The monoisotopic (exact) mass is 469 g/mol. The van der Waals surface area contributed by atoms with Crippen LogP contribution in [0.15, 0.2) is 28.4 Å². The summed E-state index contributed by atoms with van der Waals surface area (Å²) in [5.41, 5.74) is 14.0. The van der Waals surface area contributed by atoms with Crippen LogP contribution in [0.25, 0.3) is 10.9 Å². The van der Waals surface area contributed by atoms with Crippen LogP contribution in [0.2, 0.25) is 0 Å². The second-order valence-electron chi connectivity index (χ2n) is 7.44. The number of fused-ring (bicyclic) bond motifs is 1. The van der Waals surface area contributed by atoms with Crippen LogP contribution in [0, 0.1) is 13.8 Å². The van der Waals surface area contributed by atoms with Gasteiger partial charge in [-0.25, -0.2) is 9.78 Å². The highest BCUT2D eigenvalue weighted by molar-refractivity contribution is 5.91. The van der Waals surface area contributed by atoms with Crippen molar-refractivity contribution in [3.8, 4) is 0 Å². The predicted molar refractivity (Wildman–Crippen MR) is 121 cm³/mol. The average Bonchev–Trinajstić information content (AvgIpc) is 3.01. The minimum Gasteiger partial charge on any atom is -0.481 e. The molecule has 0 aliphatic rings. The Balaban J connectivity index is 1.75. The highest BCUT2D eigenvalue weighted by Gasteiger charge is 2.22. The van der Waals surface area contributed by atoms with Gasteiger partial charge in [-0.1, -0.05) is 0 Å². The quantitative estimate of drug-likeness (QED) is 0.283. The van der Waals surface area contributed by atoms with Crippen molar-refractivity contribution in [2.45, 2.75) is 39.3 Å². The summed E-state index contributed by atoms with van der Waals surface area (Å²) in [5, 5.41) is 33.5. The fourth-order valence-electron chi connectivity index (χ4n) is 3.22. The van der Waals surface area contributed by atoms with Gasteiger partial charge in [0.05, 0.1) is 22.6 Å². The maximum Gasteiger partial charge on any atom is 0.326 e. The number of nitrogen functional groups attached to an aromatic ring is 2. The molecule has 1 atom stereocenters. The molecule has 0 bridgehead atoms. The number of amides is 1. The number of nitrogens with two attached hydrogens (primary N) is 2. The molecule has 3 aromatic rings. The summed E-state index contributed by atoms with van der Waals surface area (Å²) >= 11 is 0. The number of azo groups is 1. The fourth-order valence-corrected chi connectivity index (χ4v) is 3.22. The summed E-state index contributed by atoms with van der Waals surface area (Å²) in [7, 11) is 0. The molecule has 0 unspecified atom stereocenters. The lowest BCUT2D eigenvalue weighted by Crippen LogP contribution is -2.42. The minimum atomic E-state index is -1.32. The Morgan fingerprint density at radius 2 is 1.88 bits per heavy atom. The summed E-state index contributed by atoms with van der Waals surface area (Å²) < 4.78 is 1.37. The molecule has 2 heterocycles. The summed E-state index contributed by atoms with van der Waals surface area (Å²) in [6.45, 7) is 3.11. The molecule has 1 aromatic carbocycles. The van der Waals surface area contributed by atoms with Crippen molar-refractivity contribution in [1.82, 2.24) is 25.1 Å². The van der Waals surface area contributed by atoms with Gasteiger partial charge in [-0.3, -0.25) is 14.3 Å². The summed E-state index contributed by atoms with van der Waals surface area (Å²) in [4.78, 5) is 42.3. The lowest BCUT2D eigenvalue weighted by atomic mass is 10.1. The number of nitrogens with one attached hydrogen (secondary N) is 1. The van der Waals surface area contributed by atoms with E-state index in [0.717, 1.165) is 0 Å². The number of benzene rings is 1. The summed E-state index contributed by atoms with van der Waals surface area (Å²) in [6, 6.07) is 3.72. The van der Waals surface area contributed by atoms with Gasteiger partial charge >= 0.3 is 11.9 Å². The van der Waals surface area contributed by atoms with Crippen LogP contribution < -0.4 is 16.8 Å². The van der Waals surface area contributed by atoms with Crippen molar-refractivity contribution in [3.63, 3.8) is 0 Å². The number of carboxylic acids is 2. The van der Waals surface area contributed by atoms with E-state index in [9.17, 15) is 19.5 Å². The summed E-state index contributed by atoms with van der Waals surface area (Å²) in [6.07, 6.45) is -0.623. The number of aliphatic carboxylic acids is 2. The van der Waals surface area contributed by atoms with E-state index >= 15 is 0 Å². The Morgan fingerprint density at radius 1 is 1.15 bits per heavy atom. The van der Waals surface area contributed by atoms with Gasteiger partial charge < -0.3 is 27.0 Å². The van der Waals surface area contributed by atoms with E-state index in [4.69, 9.17) is 16.6 Å². The van der Waals surface area contributed by atoms with Gasteiger partial charge in [0.15, 0.2) is 0 Å². The number of aromatic nitrogens is 4. The van der Waals surface area contributed by atoms with Crippen LogP contribution in [-0.2, 0) is 20.9 Å². The molecule has 34 heavy (non-hydrogen) atoms. The predicted octanol–water partition coefficient (Wildman–Crippen LogP) is 1.46. The first-order valence-corrected chi connectivity index (χ1v) is 10.1. The normalized spacial score (nSPS) is 12.2. The van der Waals surface area contributed by atoms with Crippen molar-refractivity contribution in [3.05, 3.63) is 29.6 Å². The van der Waals surface area contributed by atoms with E-state index in [2.05, 4.69) is 30.6 Å². The molecular formula is C20H23N9O5. The topological polar surface area (TPSA) is 224 Å². The number of hydrogen-bond donors (Lipinski definition) is 5. The van der Waals surface area contributed by atoms with Crippen LogP contribution in [0.1, 0.15) is 24.2 Å². The van der Waals surface area contributed by atoms with E-state index in [-0.39, 0.29) is 31.2 Å². The van der Waals surface area contributed by atoms with Gasteiger partial charge in [0.25, 0.3) is 0 Å². The van der Waals surface area contributed by atoms with Crippen LogP contribution >= 0.6 is 0 Å². The largest absolute Gasteiger partial charge is 0.481 e. The van der Waals surface area contributed by atoms with E-state index in [1.54, 1.807) is 32.0 Å². The third-order valence-corrected chi connectivity index (χ3v) is 4.91. The number of carbonyl (C=O) groups excluding carboxylic acids is 1. The van der Waals surface area contributed by atoms with Crippen molar-refractivity contribution in [1.29, 1.82) is 0 Å². The highest BCUT2D eigenvalue weighted by atomic mass is 16.4. The first-order chi connectivity index (χ1) is 16.0. The van der Waals surface area contributed by atoms with Gasteiger partial charge in [0.2, 0.25) is 11.9 Å². The van der Waals surface area contributed by atoms with Crippen LogP contribution in [0.4, 0.5) is 23.1 Å². The zero-order valence-corrected chi connectivity index (χ0v) is 18.4. The Labute approximate surface area is 192 Å². The highest BCUT2D eigenvalue weighted by Crippen LogP contribution is 2.28. The van der Waals surface area contributed by atoms with Gasteiger partial charge in [-0.15, -0.1) is 5.11 Å². The summed E-state index contributed by atoms with van der Waals surface area (Å²) in [5.74, 6) is -2.81. The second-order valence-corrected chi connectivity index (χ2v) is 7.44. The molecule has 0 fully saturated rings. The van der Waals surface area contributed by atoms with Crippen molar-refractivity contribution < 1.29 is 24.6 Å². The molecule has 2 aromatic heterocycles. The zero-order valence-electron chi connectivity index (χ0n) is 18.4. The zero-order chi connectivity index (χ0) is 25.0. The van der Waals surface area contributed by atoms with Gasteiger partial charge in [0.1, 0.15) is 24.1 Å². The van der Waals surface area contributed by atoms with Crippen molar-refractivity contribution in [2.24, 2.45) is 10.2 Å². The van der Waals surface area contributed by atoms with E-state index in [1.807, 2.05) is 0 Å². The Morgan fingerprint density at radius 3 is 2.56 bits per heavy atom. The number of aryl methyl sites for hydroxylation is 1. The fraction of sp³-hybridized carbons (Fsp3) is 0.300. The maximum atomic E-state index is 12.3. The first kappa shape index (κ1) is 24.0. The first-order valence-electron chi connectivity index (χ1n) is 10.1. The Hall–Kier alpha value is -4.62. The molecule has 0 aliphatic carbocycles. The standard InChI is InChI=1S/C20H23N9O5/c1-9-17(27-26-11-3-4-13-12(7-11)18(21)25-20(22)24-13)10(2)29(28-9)8-15(30)23-14(19(33)34)5-6-16(31)32/h3-4,7,14H,5-6,8H2,1-2H3,(H,23,30)(H,31,32)(H,33,34)(H4,21,22,24,25)/t14-/m1/s1. The SMILES string of the molecule is Cc1nn(CC(=O)N[C@H](CCC(=O)O)C(=O)O)c(C)c1N=Nc1ccc2nc(N)nc(N)c2c1. The molecule has 14 heteroatoms. The van der Waals surface area contributed by atoms with Crippen molar-refractivity contribution >= 4 is 51.9 Å². The molecule has 0 spiro atoms. The third kappa shape index (κ3) is 5.59. The van der Waals surface area contributed by atoms with Gasteiger partial charge in [-0.05, 0) is 38.5 Å². The molecule has 14 nitrogen and oxygen atoms in total. The molecule has 3 rings (SSSR count). The molecule has 0 radical (unpaired) electrons. The molecule has 0 saturated heterocycles. The lowest BCUT2D eigenvalue weighted by Gasteiger charge is -2.14. The number of nitrogens with zero attached hydrogens (tertiary/aromatic N) is 6. The Bertz CT molecular complexity index is 1300. The number of rotatable bonds is 9. The molecule has 7 N–H and O–H groups in total. The minimum absolute atomic E-state index is 0.0682.